The molecule has 0 aliphatic carbocycles. The van der Waals surface area contributed by atoms with Crippen LogP contribution in [0.5, 0.6) is 0 Å². The van der Waals surface area contributed by atoms with Gasteiger partial charge in [-0.15, -0.1) is 0 Å². The summed E-state index contributed by atoms with van der Waals surface area (Å²) in [6.45, 7) is 1.59. The summed E-state index contributed by atoms with van der Waals surface area (Å²) >= 11 is 1.76. The van der Waals surface area contributed by atoms with Gasteiger partial charge in [0, 0.05) is 23.8 Å². The number of hydrogen-bond acceptors (Lipinski definition) is 4. The molecule has 20 heavy (non-hydrogen) atoms. The Morgan fingerprint density at radius 2 is 2.05 bits per heavy atom. The maximum atomic E-state index is 11.5. The van der Waals surface area contributed by atoms with Crippen LogP contribution >= 0.6 is 11.8 Å². The molecule has 1 aliphatic rings. The number of para-hydroxylation sites is 1. The second-order valence-corrected chi connectivity index (χ2v) is 6.11. The van der Waals surface area contributed by atoms with Gasteiger partial charge in [-0.05, 0) is 18.9 Å². The monoisotopic (exact) mass is 292 g/mol. The highest BCUT2D eigenvalue weighted by molar-refractivity contribution is 7.99. The van der Waals surface area contributed by atoms with E-state index in [2.05, 4.69) is 0 Å². The zero-order chi connectivity index (χ0) is 13.9. The maximum Gasteiger partial charge on any atom is 0.339 e. The fourth-order valence-corrected chi connectivity index (χ4v) is 3.58. The molecule has 0 spiro atoms. The van der Waals surface area contributed by atoms with Crippen molar-refractivity contribution >= 4 is 28.7 Å². The van der Waals surface area contributed by atoms with Gasteiger partial charge in [0.05, 0.1) is 5.75 Å². The molecule has 1 aromatic heterocycles. The van der Waals surface area contributed by atoms with Crippen LogP contribution in [0.3, 0.4) is 0 Å². The van der Waals surface area contributed by atoms with E-state index in [4.69, 9.17) is 9.15 Å². The quantitative estimate of drug-likeness (QED) is 0.934. The third-order valence-corrected chi connectivity index (χ3v) is 4.87. The summed E-state index contributed by atoms with van der Waals surface area (Å²) in [5.41, 5.74) is 0.952. The molecule has 0 radical (unpaired) electrons. The molecule has 0 amide bonds. The minimum absolute atomic E-state index is 0.306. The van der Waals surface area contributed by atoms with Crippen LogP contribution in [0.1, 0.15) is 29.0 Å². The zero-order valence-corrected chi connectivity index (χ0v) is 11.8. The van der Waals surface area contributed by atoms with Crippen molar-refractivity contribution in [1.29, 1.82) is 0 Å². The van der Waals surface area contributed by atoms with Crippen LogP contribution in [0.15, 0.2) is 28.7 Å². The summed E-state index contributed by atoms with van der Waals surface area (Å²) in [4.78, 5) is 11.5. The fraction of sp³-hybridized carbons (Fsp3) is 0.400. The first-order chi connectivity index (χ1) is 9.75. The predicted molar refractivity (Wildman–Crippen MR) is 78.3 cm³/mol. The average Bonchev–Trinajstić information content (AvgIpc) is 2.84. The van der Waals surface area contributed by atoms with Crippen molar-refractivity contribution < 1.29 is 19.1 Å². The first kappa shape index (κ1) is 13.5. The average molecular weight is 292 g/mol. The number of carboxylic acids is 1. The molecule has 1 N–H and O–H groups in total. The van der Waals surface area contributed by atoms with Gasteiger partial charge in [-0.25, -0.2) is 4.79 Å². The first-order valence-electron chi connectivity index (χ1n) is 6.69. The van der Waals surface area contributed by atoms with Crippen LogP contribution < -0.4 is 0 Å². The van der Waals surface area contributed by atoms with Crippen molar-refractivity contribution in [2.75, 3.05) is 13.2 Å². The molecule has 2 heterocycles. The van der Waals surface area contributed by atoms with Crippen molar-refractivity contribution in [2.45, 2.75) is 23.8 Å². The molecule has 1 aromatic carbocycles. The van der Waals surface area contributed by atoms with Gasteiger partial charge >= 0.3 is 5.97 Å². The number of hydrogen-bond donors (Lipinski definition) is 1. The molecule has 3 rings (SSSR count). The molecular formula is C15H16O4S. The molecule has 1 fully saturated rings. The van der Waals surface area contributed by atoms with Gasteiger partial charge in [0.15, 0.2) is 0 Å². The van der Waals surface area contributed by atoms with E-state index in [1.54, 1.807) is 17.8 Å². The van der Waals surface area contributed by atoms with Gasteiger partial charge in [-0.3, -0.25) is 0 Å². The van der Waals surface area contributed by atoms with E-state index in [9.17, 15) is 9.90 Å². The Labute approximate surface area is 121 Å². The lowest BCUT2D eigenvalue weighted by molar-refractivity contribution is 0.0696. The fourth-order valence-electron chi connectivity index (χ4n) is 2.47. The Hall–Kier alpha value is -1.46. The molecule has 0 saturated carbocycles. The lowest BCUT2D eigenvalue weighted by Gasteiger charge is -2.20. The summed E-state index contributed by atoms with van der Waals surface area (Å²) in [7, 11) is 0. The molecule has 0 bridgehead atoms. The lowest BCUT2D eigenvalue weighted by atomic mass is 10.1. The van der Waals surface area contributed by atoms with E-state index < -0.39 is 5.97 Å². The Kier molecular flexibility index (Phi) is 3.98. The Bertz CT molecular complexity index is 613. The number of furan rings is 1. The van der Waals surface area contributed by atoms with E-state index in [1.807, 2.05) is 18.2 Å². The van der Waals surface area contributed by atoms with Gasteiger partial charge in [0.25, 0.3) is 0 Å². The molecular weight excluding hydrogens is 276 g/mol. The standard InChI is InChI=1S/C15H16O4S/c16-15(17)14-11-3-1-2-4-12(11)19-13(14)9-20-10-5-7-18-8-6-10/h1-4,10H,5-9H2,(H,16,17). The number of ether oxygens (including phenoxy) is 1. The normalized spacial score (nSPS) is 16.6. The molecule has 0 unspecified atom stereocenters. The van der Waals surface area contributed by atoms with E-state index in [-0.39, 0.29) is 0 Å². The highest BCUT2D eigenvalue weighted by atomic mass is 32.2. The maximum absolute atomic E-state index is 11.5. The van der Waals surface area contributed by atoms with Gasteiger partial charge in [0.2, 0.25) is 0 Å². The molecule has 0 atom stereocenters. The molecule has 2 aromatic rings. The minimum atomic E-state index is -0.919. The van der Waals surface area contributed by atoms with Crippen LogP contribution in [0.2, 0.25) is 0 Å². The SMILES string of the molecule is O=C(O)c1c(CSC2CCOCC2)oc2ccccc12. The molecule has 1 saturated heterocycles. The molecule has 1 aliphatic heterocycles. The Morgan fingerprint density at radius 3 is 2.80 bits per heavy atom. The van der Waals surface area contributed by atoms with Crippen molar-refractivity contribution in [3.05, 3.63) is 35.6 Å². The van der Waals surface area contributed by atoms with Crippen LogP contribution in [-0.2, 0) is 10.5 Å². The van der Waals surface area contributed by atoms with E-state index in [0.29, 0.717) is 33.3 Å². The van der Waals surface area contributed by atoms with Gasteiger partial charge in [-0.1, -0.05) is 18.2 Å². The minimum Gasteiger partial charge on any atom is -0.478 e. The third kappa shape index (κ3) is 2.69. The number of fused-ring (bicyclic) bond motifs is 1. The Balaban J connectivity index is 1.82. The zero-order valence-electron chi connectivity index (χ0n) is 11.0. The second-order valence-electron chi connectivity index (χ2n) is 4.82. The number of carbonyl (C=O) groups is 1. The van der Waals surface area contributed by atoms with Crippen LogP contribution in [0.4, 0.5) is 0 Å². The number of rotatable bonds is 4. The summed E-state index contributed by atoms with van der Waals surface area (Å²) in [6, 6.07) is 7.29. The van der Waals surface area contributed by atoms with E-state index in [0.717, 1.165) is 26.1 Å². The number of thioether (sulfide) groups is 1. The van der Waals surface area contributed by atoms with Gasteiger partial charge in [0.1, 0.15) is 16.9 Å². The van der Waals surface area contributed by atoms with Gasteiger partial charge < -0.3 is 14.3 Å². The molecule has 106 valence electrons. The van der Waals surface area contributed by atoms with Crippen LogP contribution in [0.25, 0.3) is 11.0 Å². The van der Waals surface area contributed by atoms with E-state index in [1.165, 1.54) is 0 Å². The van der Waals surface area contributed by atoms with Crippen LogP contribution in [-0.4, -0.2) is 29.5 Å². The van der Waals surface area contributed by atoms with Crippen molar-refractivity contribution in [3.63, 3.8) is 0 Å². The summed E-state index contributed by atoms with van der Waals surface area (Å²) in [5.74, 6) is 0.244. The summed E-state index contributed by atoms with van der Waals surface area (Å²) in [5, 5.41) is 10.6. The highest BCUT2D eigenvalue weighted by Crippen LogP contribution is 2.32. The number of aromatic carboxylic acids is 1. The van der Waals surface area contributed by atoms with E-state index >= 15 is 0 Å². The van der Waals surface area contributed by atoms with Crippen molar-refractivity contribution in [2.24, 2.45) is 0 Å². The van der Waals surface area contributed by atoms with Gasteiger partial charge in [-0.2, -0.15) is 11.8 Å². The highest BCUT2D eigenvalue weighted by Gasteiger charge is 2.22. The summed E-state index contributed by atoms with van der Waals surface area (Å²) < 4.78 is 11.0. The Morgan fingerprint density at radius 1 is 1.30 bits per heavy atom. The predicted octanol–water partition coefficient (Wildman–Crippen LogP) is 3.54. The lowest BCUT2D eigenvalue weighted by Crippen LogP contribution is -2.17. The van der Waals surface area contributed by atoms with Crippen molar-refractivity contribution in [3.8, 4) is 0 Å². The number of carboxylic acid groups (broad SMARTS) is 1. The molecule has 4 nitrogen and oxygen atoms in total. The third-order valence-electron chi connectivity index (χ3n) is 3.50. The van der Waals surface area contributed by atoms with Crippen molar-refractivity contribution in [1.82, 2.24) is 0 Å². The second kappa shape index (κ2) is 5.89. The smallest absolute Gasteiger partial charge is 0.339 e. The van der Waals surface area contributed by atoms with Crippen LogP contribution in [0, 0.1) is 0 Å². The number of benzene rings is 1. The molecule has 5 heteroatoms. The topological polar surface area (TPSA) is 59.7 Å². The first-order valence-corrected chi connectivity index (χ1v) is 7.73. The summed E-state index contributed by atoms with van der Waals surface area (Å²) in [6.07, 6.45) is 2.04. The largest absolute Gasteiger partial charge is 0.478 e.